The van der Waals surface area contributed by atoms with Gasteiger partial charge in [0.1, 0.15) is 11.4 Å². The molecule has 1 amide bonds. The van der Waals surface area contributed by atoms with Gasteiger partial charge in [0.2, 0.25) is 5.91 Å². The molecule has 0 fully saturated rings. The first kappa shape index (κ1) is 29.3. The third kappa shape index (κ3) is 6.61. The summed E-state index contributed by atoms with van der Waals surface area (Å²) < 4.78 is 8.51. The summed E-state index contributed by atoms with van der Waals surface area (Å²) in [6.07, 6.45) is 6.78. The number of imidazole rings is 1. The molecule has 0 radical (unpaired) electrons. The van der Waals surface area contributed by atoms with Gasteiger partial charge in [-0.05, 0) is 70.3 Å². The number of nitrogens with one attached hydrogen (secondary N) is 1. The molecule has 0 saturated carbocycles. The van der Waals surface area contributed by atoms with Crippen molar-refractivity contribution in [2.24, 2.45) is 4.99 Å². The molecule has 1 aromatic heterocycles. The second kappa shape index (κ2) is 13.0. The van der Waals surface area contributed by atoms with Gasteiger partial charge in [0, 0.05) is 37.6 Å². The minimum Gasteiger partial charge on any atom is -0.496 e. The van der Waals surface area contributed by atoms with E-state index >= 15 is 0 Å². The molecule has 0 atom stereocenters. The van der Waals surface area contributed by atoms with E-state index in [1.165, 1.54) is 9.13 Å². The maximum Gasteiger partial charge on any atom is 0.339 e. The second-order valence-electron chi connectivity index (χ2n) is 9.58. The van der Waals surface area contributed by atoms with Gasteiger partial charge < -0.3 is 19.9 Å². The van der Waals surface area contributed by atoms with Crippen LogP contribution in [0.4, 0.5) is 11.5 Å². The fourth-order valence-electron chi connectivity index (χ4n) is 4.08. The molecule has 3 aromatic rings. The zero-order valence-electron chi connectivity index (χ0n) is 23.9. The molecule has 2 aromatic carbocycles. The van der Waals surface area contributed by atoms with Crippen LogP contribution in [-0.2, 0) is 4.79 Å². The molecule has 0 saturated heterocycles. The molecule has 0 unspecified atom stereocenters. The van der Waals surface area contributed by atoms with E-state index in [1.807, 2.05) is 44.1 Å². The van der Waals surface area contributed by atoms with Crippen LogP contribution in [0.1, 0.15) is 37.9 Å². The van der Waals surface area contributed by atoms with Crippen LogP contribution in [0.15, 0.2) is 64.4 Å². The van der Waals surface area contributed by atoms with Crippen LogP contribution < -0.4 is 15.3 Å². The largest absolute Gasteiger partial charge is 0.496 e. The molecule has 3 rings (SSSR count). The molecule has 0 aliphatic carbocycles. The number of amides is 1. The summed E-state index contributed by atoms with van der Waals surface area (Å²) in [6.45, 7) is 6.30. The van der Waals surface area contributed by atoms with Crippen LogP contribution in [0.25, 0.3) is 11.4 Å². The normalized spacial score (nSPS) is 11.6. The van der Waals surface area contributed by atoms with Gasteiger partial charge in [0.15, 0.2) is 5.82 Å². The topological polar surface area (TPSA) is 95.9 Å². The molecular formula is C30H38N6O3. The predicted molar refractivity (Wildman–Crippen MR) is 159 cm³/mol. The van der Waals surface area contributed by atoms with Gasteiger partial charge in [-0.3, -0.25) is 9.36 Å². The number of unbranched alkanes of at least 4 members (excludes halogenated alkanes) is 1. The van der Waals surface area contributed by atoms with Crippen LogP contribution in [0.5, 0.6) is 5.75 Å². The number of nitrogens with zero attached hydrogens (tertiary/aromatic N) is 5. The van der Waals surface area contributed by atoms with Crippen molar-refractivity contribution >= 4 is 29.3 Å². The molecule has 0 bridgehead atoms. The van der Waals surface area contributed by atoms with Crippen molar-refractivity contribution in [2.75, 3.05) is 39.7 Å². The van der Waals surface area contributed by atoms with Gasteiger partial charge in [0.05, 0.1) is 24.2 Å². The highest BCUT2D eigenvalue weighted by Gasteiger charge is 2.24. The Hall–Kier alpha value is -4.24. The number of aliphatic imine (C=N–C) groups is 1. The zero-order valence-corrected chi connectivity index (χ0v) is 23.9. The van der Waals surface area contributed by atoms with Crippen LogP contribution in [0.2, 0.25) is 0 Å². The number of benzene rings is 2. The monoisotopic (exact) mass is 530 g/mol. The van der Waals surface area contributed by atoms with Gasteiger partial charge in [-0.1, -0.05) is 25.5 Å². The third-order valence-corrected chi connectivity index (χ3v) is 6.22. The molecule has 0 aliphatic heterocycles. The van der Waals surface area contributed by atoms with E-state index in [4.69, 9.17) is 10.1 Å². The van der Waals surface area contributed by atoms with Gasteiger partial charge >= 0.3 is 5.69 Å². The Morgan fingerprint density at radius 3 is 2.33 bits per heavy atom. The van der Waals surface area contributed by atoms with Crippen molar-refractivity contribution in [3.63, 3.8) is 0 Å². The highest BCUT2D eigenvalue weighted by molar-refractivity contribution is 6.01. The molecule has 9 nitrogen and oxygen atoms in total. The van der Waals surface area contributed by atoms with Crippen LogP contribution in [0, 0.1) is 12.3 Å². The Kier molecular flexibility index (Phi) is 9.78. The predicted octanol–water partition coefficient (Wildman–Crippen LogP) is 4.92. The molecule has 1 N–H and O–H groups in total. The first-order valence-electron chi connectivity index (χ1n) is 12.9. The SMILES string of the molecule is CCCC=Nc1c(C(C)=N)n(-c2ccc(C)c(OC)c2)c(=O)n1-c1ccc(N(C)C(=O)C=CCN(C)C)cc1. The maximum atomic E-state index is 14.0. The lowest BCUT2D eigenvalue weighted by Gasteiger charge is -2.16. The van der Waals surface area contributed by atoms with Crippen molar-refractivity contribution in [1.82, 2.24) is 14.0 Å². The second-order valence-corrected chi connectivity index (χ2v) is 9.58. The van der Waals surface area contributed by atoms with Gasteiger partial charge in [-0.25, -0.2) is 14.4 Å². The van der Waals surface area contributed by atoms with Crippen molar-refractivity contribution in [3.8, 4) is 17.1 Å². The molecule has 39 heavy (non-hydrogen) atoms. The van der Waals surface area contributed by atoms with E-state index in [2.05, 4.69) is 11.9 Å². The summed E-state index contributed by atoms with van der Waals surface area (Å²) in [6, 6.07) is 12.7. The number of hydrogen-bond acceptors (Lipinski definition) is 6. The van der Waals surface area contributed by atoms with E-state index in [-0.39, 0.29) is 17.3 Å². The lowest BCUT2D eigenvalue weighted by molar-refractivity contribution is -0.113. The van der Waals surface area contributed by atoms with Gasteiger partial charge in [-0.2, -0.15) is 0 Å². The number of rotatable bonds is 11. The number of methoxy groups -OCH3 is 1. The van der Waals surface area contributed by atoms with E-state index in [1.54, 1.807) is 68.6 Å². The molecular weight excluding hydrogens is 492 g/mol. The summed E-state index contributed by atoms with van der Waals surface area (Å²) in [5.74, 6) is 0.880. The highest BCUT2D eigenvalue weighted by Crippen LogP contribution is 2.29. The summed E-state index contributed by atoms with van der Waals surface area (Å²) in [7, 11) is 7.17. The number of anilines is 1. The molecule has 206 valence electrons. The average Bonchev–Trinajstić information content (AvgIpc) is 3.20. The number of likely N-dealkylation sites (N-methyl/N-ethyl adjacent to an activating group) is 2. The molecule has 9 heteroatoms. The number of aromatic nitrogens is 2. The first-order valence-corrected chi connectivity index (χ1v) is 12.9. The Labute approximate surface area is 230 Å². The van der Waals surface area contributed by atoms with Crippen LogP contribution in [0.3, 0.4) is 0 Å². The minimum atomic E-state index is -0.352. The molecule has 0 spiro atoms. The molecule has 0 aliphatic rings. The van der Waals surface area contributed by atoms with Crippen LogP contribution >= 0.6 is 0 Å². The number of ether oxygens (including phenoxy) is 1. The number of carbonyl (C=O) groups is 1. The van der Waals surface area contributed by atoms with Crippen molar-refractivity contribution in [3.05, 3.63) is 76.4 Å². The van der Waals surface area contributed by atoms with Gasteiger partial charge in [-0.15, -0.1) is 0 Å². The van der Waals surface area contributed by atoms with E-state index in [0.717, 1.165) is 18.4 Å². The fraction of sp³-hybridized carbons (Fsp3) is 0.333. The first-order chi connectivity index (χ1) is 18.6. The highest BCUT2D eigenvalue weighted by atomic mass is 16.5. The summed E-state index contributed by atoms with van der Waals surface area (Å²) in [5, 5.41) is 8.55. The Morgan fingerprint density at radius 1 is 1.08 bits per heavy atom. The fourth-order valence-corrected chi connectivity index (χ4v) is 4.08. The standard InChI is InChI=1S/C30H38N6O3/c1-8-9-18-32-29-28(22(3)31)35(25-13-12-21(2)26(20-25)39-7)30(38)36(29)24-16-14-23(15-17-24)34(6)27(37)11-10-19-33(4)5/h10-18,20,31H,8-9,19H2,1-7H3. The minimum absolute atomic E-state index is 0.146. The third-order valence-electron chi connectivity index (χ3n) is 6.22. The van der Waals surface area contributed by atoms with Crippen molar-refractivity contribution in [2.45, 2.75) is 33.6 Å². The molecule has 1 heterocycles. The Morgan fingerprint density at radius 2 is 1.74 bits per heavy atom. The number of carbonyl (C=O) groups excluding carboxylic acids is 1. The smallest absolute Gasteiger partial charge is 0.339 e. The summed E-state index contributed by atoms with van der Waals surface area (Å²) >= 11 is 0. The van der Waals surface area contributed by atoms with E-state index in [9.17, 15) is 9.59 Å². The Bertz CT molecular complexity index is 1440. The zero-order chi connectivity index (χ0) is 28.7. The average molecular weight is 531 g/mol. The summed E-state index contributed by atoms with van der Waals surface area (Å²) in [4.78, 5) is 34.8. The lowest BCUT2D eigenvalue weighted by Crippen LogP contribution is -2.25. The van der Waals surface area contributed by atoms with Crippen molar-refractivity contribution < 1.29 is 9.53 Å². The number of hydrogen-bond donors (Lipinski definition) is 1. The Balaban J connectivity index is 2.15. The quantitative estimate of drug-likeness (QED) is 0.281. The number of aryl methyl sites for hydroxylation is 1. The van der Waals surface area contributed by atoms with Crippen molar-refractivity contribution in [1.29, 1.82) is 5.41 Å². The van der Waals surface area contributed by atoms with Gasteiger partial charge in [0.25, 0.3) is 0 Å². The van der Waals surface area contributed by atoms with E-state index < -0.39 is 0 Å². The summed E-state index contributed by atoms with van der Waals surface area (Å²) in [5.41, 5.74) is 3.05. The lowest BCUT2D eigenvalue weighted by atomic mass is 10.2. The maximum absolute atomic E-state index is 14.0. The van der Waals surface area contributed by atoms with E-state index in [0.29, 0.717) is 40.9 Å². The van der Waals surface area contributed by atoms with Crippen LogP contribution in [-0.4, -0.2) is 66.7 Å².